The van der Waals surface area contributed by atoms with E-state index >= 15 is 0 Å². The molecule has 7 nitrogen and oxygen atoms in total. The minimum absolute atomic E-state index is 0.138. The molecule has 3 aromatic rings. The molecule has 2 aromatic carbocycles. The van der Waals surface area contributed by atoms with Gasteiger partial charge in [0.05, 0.1) is 17.6 Å². The van der Waals surface area contributed by atoms with Gasteiger partial charge in [-0.15, -0.1) is 0 Å². The molecule has 1 aliphatic rings. The summed E-state index contributed by atoms with van der Waals surface area (Å²) < 4.78 is 5.91. The maximum atomic E-state index is 12.0. The van der Waals surface area contributed by atoms with E-state index in [0.29, 0.717) is 42.9 Å². The van der Waals surface area contributed by atoms with E-state index in [0.717, 1.165) is 5.69 Å². The van der Waals surface area contributed by atoms with E-state index in [1.165, 1.54) is 0 Å². The molecule has 0 aliphatic carbocycles. The molecule has 2 N–H and O–H groups in total. The molecule has 1 fully saturated rings. The van der Waals surface area contributed by atoms with E-state index in [1.807, 2.05) is 30.3 Å². The second kappa shape index (κ2) is 7.79. The number of piperidine rings is 1. The van der Waals surface area contributed by atoms with Crippen molar-refractivity contribution in [1.29, 1.82) is 0 Å². The van der Waals surface area contributed by atoms with E-state index < -0.39 is 11.6 Å². The molecule has 0 saturated carbocycles. The Bertz CT molecular complexity index is 1000. The van der Waals surface area contributed by atoms with Crippen molar-refractivity contribution in [3.05, 3.63) is 66.9 Å². The Morgan fingerprint density at radius 2 is 1.72 bits per heavy atom. The number of anilines is 1. The summed E-state index contributed by atoms with van der Waals surface area (Å²) in [5, 5.41) is 28.1. The van der Waals surface area contributed by atoms with Gasteiger partial charge in [0.15, 0.2) is 0 Å². The van der Waals surface area contributed by atoms with Gasteiger partial charge >= 0.3 is 5.97 Å². The predicted octanol–water partition coefficient (Wildman–Crippen LogP) is 3.35. The number of carbonyl (C=O) groups is 1. The lowest BCUT2D eigenvalue weighted by molar-refractivity contribution is -0.157. The van der Waals surface area contributed by atoms with Crippen LogP contribution in [0.25, 0.3) is 11.3 Å². The van der Waals surface area contributed by atoms with Crippen LogP contribution >= 0.6 is 0 Å². The Labute approximate surface area is 168 Å². The number of phenolic OH excluding ortho intramolecular Hbond substituents is 1. The van der Waals surface area contributed by atoms with Crippen LogP contribution in [0.4, 0.5) is 5.69 Å². The first-order valence-corrected chi connectivity index (χ1v) is 9.41. The zero-order valence-electron chi connectivity index (χ0n) is 15.7. The average molecular weight is 391 g/mol. The summed E-state index contributed by atoms with van der Waals surface area (Å²) in [7, 11) is 0. The van der Waals surface area contributed by atoms with Gasteiger partial charge in [-0.3, -0.25) is 0 Å². The average Bonchev–Trinajstić information content (AvgIpc) is 2.75. The fraction of sp³-hybridized carbons (Fsp3) is 0.227. The van der Waals surface area contributed by atoms with Crippen LogP contribution in [-0.4, -0.2) is 45.1 Å². The van der Waals surface area contributed by atoms with Gasteiger partial charge in [-0.1, -0.05) is 30.3 Å². The molecule has 1 saturated heterocycles. The van der Waals surface area contributed by atoms with Crippen LogP contribution < -0.4 is 9.64 Å². The number of aromatic nitrogens is 2. The highest BCUT2D eigenvalue weighted by Crippen LogP contribution is 2.33. The Balaban J connectivity index is 1.52. The molecule has 0 atom stereocenters. The van der Waals surface area contributed by atoms with Crippen molar-refractivity contribution in [2.24, 2.45) is 0 Å². The van der Waals surface area contributed by atoms with E-state index in [4.69, 9.17) is 4.74 Å². The van der Waals surface area contributed by atoms with Crippen molar-refractivity contribution in [1.82, 2.24) is 10.2 Å². The van der Waals surface area contributed by atoms with E-state index in [9.17, 15) is 15.0 Å². The van der Waals surface area contributed by atoms with Gasteiger partial charge in [0.1, 0.15) is 11.5 Å². The van der Waals surface area contributed by atoms with Crippen LogP contribution in [0.3, 0.4) is 0 Å². The number of aliphatic carboxylic acids is 1. The highest BCUT2D eigenvalue weighted by atomic mass is 16.5. The lowest BCUT2D eigenvalue weighted by Crippen LogP contribution is -2.53. The number of carboxylic acid groups (broad SMARTS) is 1. The third kappa shape index (κ3) is 3.85. The van der Waals surface area contributed by atoms with E-state index in [2.05, 4.69) is 15.1 Å². The fourth-order valence-electron chi connectivity index (χ4n) is 3.55. The molecule has 0 unspecified atom stereocenters. The molecule has 0 radical (unpaired) electrons. The van der Waals surface area contributed by atoms with Crippen molar-refractivity contribution in [3.63, 3.8) is 0 Å². The van der Waals surface area contributed by atoms with Gasteiger partial charge in [-0.25, -0.2) is 4.79 Å². The van der Waals surface area contributed by atoms with Crippen molar-refractivity contribution >= 4 is 11.7 Å². The highest BCUT2D eigenvalue weighted by molar-refractivity contribution is 5.78. The highest BCUT2D eigenvalue weighted by Gasteiger charge is 2.44. The first-order valence-electron chi connectivity index (χ1n) is 9.41. The molecule has 148 valence electrons. The van der Waals surface area contributed by atoms with Crippen molar-refractivity contribution < 1.29 is 19.7 Å². The van der Waals surface area contributed by atoms with Crippen molar-refractivity contribution in [3.8, 4) is 22.8 Å². The number of aromatic hydroxyl groups is 1. The zero-order valence-corrected chi connectivity index (χ0v) is 15.7. The molecule has 2 heterocycles. The molecular weight excluding hydrogens is 370 g/mol. The largest absolute Gasteiger partial charge is 0.507 e. The zero-order chi connectivity index (χ0) is 20.3. The minimum Gasteiger partial charge on any atom is -0.507 e. The summed E-state index contributed by atoms with van der Waals surface area (Å²) in [6.45, 7) is 1.01. The van der Waals surface area contributed by atoms with Crippen molar-refractivity contribution in [2.75, 3.05) is 18.0 Å². The lowest BCUT2D eigenvalue weighted by atomic mass is 9.90. The van der Waals surface area contributed by atoms with Crippen molar-refractivity contribution in [2.45, 2.75) is 18.4 Å². The minimum atomic E-state index is -1.25. The molecule has 7 heteroatoms. The standard InChI is InChI=1S/C22H21N3O4/c26-20-9-5-4-8-18(20)19-14-16(15-23-24-19)25-12-10-22(11-13-25,21(27)28)29-17-6-2-1-3-7-17/h1-9,14-15,26H,10-13H2,(H,27,28). The molecule has 0 amide bonds. The topological polar surface area (TPSA) is 95.8 Å². The van der Waals surface area contributed by atoms with E-state index in [1.54, 1.807) is 36.5 Å². The Hall–Kier alpha value is -3.61. The van der Waals surface area contributed by atoms with Crippen LogP contribution in [0.1, 0.15) is 12.8 Å². The predicted molar refractivity (Wildman–Crippen MR) is 108 cm³/mol. The van der Waals surface area contributed by atoms with Gasteiger partial charge in [-0.05, 0) is 30.3 Å². The number of phenols is 1. The summed E-state index contributed by atoms with van der Waals surface area (Å²) in [4.78, 5) is 14.1. The molecule has 4 rings (SSSR count). The summed E-state index contributed by atoms with van der Waals surface area (Å²) in [5.74, 6) is -0.265. The molecule has 1 aliphatic heterocycles. The van der Waals surface area contributed by atoms with Crippen LogP contribution in [0.2, 0.25) is 0 Å². The van der Waals surface area contributed by atoms with Gasteiger partial charge < -0.3 is 19.8 Å². The molecule has 0 bridgehead atoms. The SMILES string of the molecule is O=C(O)C1(Oc2ccccc2)CCN(c2cnnc(-c3ccccc3O)c2)CC1. The smallest absolute Gasteiger partial charge is 0.348 e. The van der Waals surface area contributed by atoms with Crippen LogP contribution in [0.15, 0.2) is 66.9 Å². The van der Waals surface area contributed by atoms with Crippen LogP contribution in [-0.2, 0) is 4.79 Å². The summed E-state index contributed by atoms with van der Waals surface area (Å²) in [6.07, 6.45) is 2.33. The molecule has 1 aromatic heterocycles. The van der Waals surface area contributed by atoms with Crippen LogP contribution in [0, 0.1) is 0 Å². The number of nitrogens with zero attached hydrogens (tertiary/aromatic N) is 3. The third-order valence-electron chi connectivity index (χ3n) is 5.20. The maximum Gasteiger partial charge on any atom is 0.348 e. The summed E-state index contributed by atoms with van der Waals surface area (Å²) in [5.41, 5.74) is 0.748. The fourth-order valence-corrected chi connectivity index (χ4v) is 3.55. The third-order valence-corrected chi connectivity index (χ3v) is 5.20. The Morgan fingerprint density at radius 3 is 2.41 bits per heavy atom. The normalized spacial score (nSPS) is 15.7. The summed E-state index contributed by atoms with van der Waals surface area (Å²) in [6, 6.07) is 17.9. The molecular formula is C22H21N3O4. The number of hydrogen-bond acceptors (Lipinski definition) is 6. The number of ether oxygens (including phenoxy) is 1. The second-order valence-electron chi connectivity index (χ2n) is 7.02. The van der Waals surface area contributed by atoms with Gasteiger partial charge in [0.2, 0.25) is 5.60 Å². The number of para-hydroxylation sites is 2. The first-order chi connectivity index (χ1) is 14.1. The first kappa shape index (κ1) is 18.7. The Kier molecular flexibility index (Phi) is 5.03. The maximum absolute atomic E-state index is 12.0. The molecule has 0 spiro atoms. The van der Waals surface area contributed by atoms with Gasteiger partial charge in [-0.2, -0.15) is 10.2 Å². The van der Waals surface area contributed by atoms with E-state index in [-0.39, 0.29) is 5.75 Å². The lowest BCUT2D eigenvalue weighted by Gasteiger charge is -2.39. The number of benzene rings is 2. The number of hydrogen-bond donors (Lipinski definition) is 2. The number of carboxylic acids is 1. The van der Waals surface area contributed by atoms with Gasteiger partial charge in [0.25, 0.3) is 0 Å². The summed E-state index contributed by atoms with van der Waals surface area (Å²) >= 11 is 0. The quantitative estimate of drug-likeness (QED) is 0.688. The molecule has 29 heavy (non-hydrogen) atoms. The van der Waals surface area contributed by atoms with Crippen LogP contribution in [0.5, 0.6) is 11.5 Å². The van der Waals surface area contributed by atoms with Gasteiger partial charge in [0, 0.05) is 31.5 Å². The second-order valence-corrected chi connectivity index (χ2v) is 7.02. The Morgan fingerprint density at radius 1 is 1.03 bits per heavy atom. The number of rotatable bonds is 5. The monoisotopic (exact) mass is 391 g/mol.